The second kappa shape index (κ2) is 6.19. The average molecular weight is 278 g/mol. The van der Waals surface area contributed by atoms with Crippen LogP contribution in [-0.4, -0.2) is 49.1 Å². The van der Waals surface area contributed by atoms with Crippen LogP contribution in [0.15, 0.2) is 18.2 Å². The summed E-state index contributed by atoms with van der Waals surface area (Å²) in [5, 5.41) is 10.9. The zero-order valence-corrected chi connectivity index (χ0v) is 12.1. The fourth-order valence-corrected chi connectivity index (χ4v) is 2.55. The van der Waals surface area contributed by atoms with E-state index >= 15 is 0 Å². The van der Waals surface area contributed by atoms with Crippen molar-refractivity contribution in [3.8, 4) is 0 Å². The van der Waals surface area contributed by atoms with E-state index in [4.69, 9.17) is 5.73 Å². The smallest absolute Gasteiger partial charge is 0.269 e. The number of non-ortho nitro benzene ring substituents is 1. The minimum Gasteiger partial charge on any atom is -0.369 e. The molecule has 6 heteroatoms. The summed E-state index contributed by atoms with van der Waals surface area (Å²) in [6.07, 6.45) is 0.656. The third-order valence-corrected chi connectivity index (χ3v) is 3.66. The highest BCUT2D eigenvalue weighted by atomic mass is 16.6. The van der Waals surface area contributed by atoms with E-state index in [1.807, 2.05) is 13.0 Å². The number of nitro groups is 1. The van der Waals surface area contributed by atoms with E-state index < -0.39 is 0 Å². The van der Waals surface area contributed by atoms with Crippen molar-refractivity contribution in [1.82, 2.24) is 4.90 Å². The van der Waals surface area contributed by atoms with Crippen LogP contribution < -0.4 is 10.6 Å². The van der Waals surface area contributed by atoms with Crippen molar-refractivity contribution in [2.75, 3.05) is 38.1 Å². The largest absolute Gasteiger partial charge is 0.369 e. The first-order valence-corrected chi connectivity index (χ1v) is 6.94. The van der Waals surface area contributed by atoms with E-state index in [-0.39, 0.29) is 16.7 Å². The van der Waals surface area contributed by atoms with Gasteiger partial charge in [0, 0.05) is 50.0 Å². The topological polar surface area (TPSA) is 75.6 Å². The number of likely N-dealkylation sites (N-methyl/N-ethyl adjacent to an activating group) is 1. The van der Waals surface area contributed by atoms with Gasteiger partial charge in [-0.3, -0.25) is 10.1 Å². The van der Waals surface area contributed by atoms with Gasteiger partial charge < -0.3 is 15.5 Å². The molecule has 1 heterocycles. The summed E-state index contributed by atoms with van der Waals surface area (Å²) in [7, 11) is 2.11. The van der Waals surface area contributed by atoms with Gasteiger partial charge in [-0.25, -0.2) is 0 Å². The number of anilines is 1. The fourth-order valence-electron chi connectivity index (χ4n) is 2.55. The Morgan fingerprint density at radius 2 is 2.00 bits per heavy atom. The van der Waals surface area contributed by atoms with Gasteiger partial charge in [-0.1, -0.05) is 0 Å². The Bertz CT molecular complexity index is 482. The Labute approximate surface area is 119 Å². The lowest BCUT2D eigenvalue weighted by atomic mass is 10.0. The normalized spacial score (nSPS) is 18.1. The monoisotopic (exact) mass is 278 g/mol. The van der Waals surface area contributed by atoms with E-state index in [2.05, 4.69) is 16.8 Å². The second-order valence-electron chi connectivity index (χ2n) is 5.54. The number of nitro benzene ring substituents is 1. The Morgan fingerprint density at radius 1 is 1.35 bits per heavy atom. The first-order chi connectivity index (χ1) is 9.47. The van der Waals surface area contributed by atoms with Crippen LogP contribution in [0.5, 0.6) is 0 Å². The Balaban J connectivity index is 2.28. The number of benzene rings is 1. The summed E-state index contributed by atoms with van der Waals surface area (Å²) < 4.78 is 0. The summed E-state index contributed by atoms with van der Waals surface area (Å²) in [6.45, 7) is 5.83. The van der Waals surface area contributed by atoms with Gasteiger partial charge in [-0.2, -0.15) is 0 Å². The van der Waals surface area contributed by atoms with Crippen LogP contribution in [0.2, 0.25) is 0 Å². The van der Waals surface area contributed by atoms with E-state index in [1.165, 1.54) is 0 Å². The molecule has 2 rings (SSSR count). The van der Waals surface area contributed by atoms with Crippen molar-refractivity contribution < 1.29 is 4.92 Å². The lowest BCUT2D eigenvalue weighted by Crippen LogP contribution is -2.45. The zero-order valence-electron chi connectivity index (χ0n) is 12.1. The Hall–Kier alpha value is -1.66. The van der Waals surface area contributed by atoms with Gasteiger partial charge in [0.1, 0.15) is 0 Å². The molecule has 0 amide bonds. The predicted molar refractivity (Wildman–Crippen MR) is 80.2 cm³/mol. The average Bonchev–Trinajstić information content (AvgIpc) is 2.39. The molecule has 1 aromatic carbocycles. The van der Waals surface area contributed by atoms with Crippen LogP contribution >= 0.6 is 0 Å². The minimum atomic E-state index is -0.349. The Morgan fingerprint density at radius 3 is 2.55 bits per heavy atom. The molecule has 1 aliphatic rings. The standard InChI is InChI=1S/C14H22N4O2/c1-11(15)9-12-10-13(18(19)20)3-4-14(12)17-7-5-16(2)6-8-17/h3-4,10-11H,5-9,15H2,1-2H3. The molecule has 0 spiro atoms. The molecule has 0 saturated carbocycles. The van der Waals surface area contributed by atoms with Crippen molar-refractivity contribution in [2.24, 2.45) is 5.73 Å². The summed E-state index contributed by atoms with van der Waals surface area (Å²) in [5.74, 6) is 0. The lowest BCUT2D eigenvalue weighted by molar-refractivity contribution is -0.384. The Kier molecular flexibility index (Phi) is 4.57. The molecule has 1 atom stereocenters. The van der Waals surface area contributed by atoms with Gasteiger partial charge in [0.15, 0.2) is 0 Å². The summed E-state index contributed by atoms with van der Waals surface area (Å²) in [5.41, 5.74) is 8.07. The molecule has 20 heavy (non-hydrogen) atoms. The molecule has 1 unspecified atom stereocenters. The molecule has 1 saturated heterocycles. The summed E-state index contributed by atoms with van der Waals surface area (Å²) in [6, 6.07) is 5.10. The second-order valence-corrected chi connectivity index (χ2v) is 5.54. The lowest BCUT2D eigenvalue weighted by Gasteiger charge is -2.35. The molecule has 0 radical (unpaired) electrons. The molecule has 6 nitrogen and oxygen atoms in total. The maximum atomic E-state index is 10.9. The number of rotatable bonds is 4. The molecule has 0 aromatic heterocycles. The van der Waals surface area contributed by atoms with Crippen LogP contribution in [-0.2, 0) is 6.42 Å². The minimum absolute atomic E-state index is 0.0109. The highest BCUT2D eigenvalue weighted by molar-refractivity contribution is 5.58. The highest BCUT2D eigenvalue weighted by Gasteiger charge is 2.19. The van der Waals surface area contributed by atoms with Crippen LogP contribution in [0, 0.1) is 10.1 Å². The fraction of sp³-hybridized carbons (Fsp3) is 0.571. The van der Waals surface area contributed by atoms with Crippen molar-refractivity contribution in [3.05, 3.63) is 33.9 Å². The number of hydrogen-bond acceptors (Lipinski definition) is 5. The van der Waals surface area contributed by atoms with E-state index in [1.54, 1.807) is 12.1 Å². The van der Waals surface area contributed by atoms with Crippen LogP contribution in [0.3, 0.4) is 0 Å². The van der Waals surface area contributed by atoms with Gasteiger partial charge in [-0.15, -0.1) is 0 Å². The van der Waals surface area contributed by atoms with Gasteiger partial charge in [0.2, 0.25) is 0 Å². The van der Waals surface area contributed by atoms with Gasteiger partial charge in [-0.05, 0) is 32.0 Å². The van der Waals surface area contributed by atoms with E-state index in [0.29, 0.717) is 6.42 Å². The molecule has 1 aromatic rings. The van der Waals surface area contributed by atoms with Crippen LogP contribution in [0.1, 0.15) is 12.5 Å². The quantitative estimate of drug-likeness (QED) is 0.662. The zero-order chi connectivity index (χ0) is 14.7. The maximum absolute atomic E-state index is 10.9. The number of nitrogens with two attached hydrogens (primary N) is 1. The first kappa shape index (κ1) is 14.7. The van der Waals surface area contributed by atoms with E-state index in [9.17, 15) is 10.1 Å². The van der Waals surface area contributed by atoms with Crippen LogP contribution in [0.4, 0.5) is 11.4 Å². The number of nitrogens with zero attached hydrogens (tertiary/aromatic N) is 3. The van der Waals surface area contributed by atoms with Crippen LogP contribution in [0.25, 0.3) is 0 Å². The molecule has 0 aliphatic carbocycles. The number of hydrogen-bond donors (Lipinski definition) is 1. The molecular weight excluding hydrogens is 256 g/mol. The summed E-state index contributed by atoms with van der Waals surface area (Å²) in [4.78, 5) is 15.2. The van der Waals surface area contributed by atoms with Gasteiger partial charge in [0.05, 0.1) is 4.92 Å². The molecule has 2 N–H and O–H groups in total. The molecule has 1 aliphatic heterocycles. The van der Waals surface area contributed by atoms with Gasteiger partial charge >= 0.3 is 0 Å². The third-order valence-electron chi connectivity index (χ3n) is 3.66. The molecule has 1 fully saturated rings. The third kappa shape index (κ3) is 3.46. The van der Waals surface area contributed by atoms with Crippen molar-refractivity contribution in [2.45, 2.75) is 19.4 Å². The first-order valence-electron chi connectivity index (χ1n) is 6.94. The summed E-state index contributed by atoms with van der Waals surface area (Å²) >= 11 is 0. The van der Waals surface area contributed by atoms with Crippen molar-refractivity contribution in [1.29, 1.82) is 0 Å². The molecule has 110 valence electrons. The highest BCUT2D eigenvalue weighted by Crippen LogP contribution is 2.27. The van der Waals surface area contributed by atoms with Gasteiger partial charge in [0.25, 0.3) is 5.69 Å². The SMILES string of the molecule is CC(N)Cc1cc([N+](=O)[O-])ccc1N1CCN(C)CC1. The van der Waals surface area contributed by atoms with Crippen molar-refractivity contribution >= 4 is 11.4 Å². The van der Waals surface area contributed by atoms with Crippen molar-refractivity contribution in [3.63, 3.8) is 0 Å². The molecule has 0 bridgehead atoms. The number of piperazine rings is 1. The predicted octanol–water partition coefficient (Wildman–Crippen LogP) is 1.24. The van der Waals surface area contributed by atoms with E-state index in [0.717, 1.165) is 37.4 Å². The molecular formula is C14H22N4O2. The maximum Gasteiger partial charge on any atom is 0.269 e.